The molecule has 0 amide bonds. The summed E-state index contributed by atoms with van der Waals surface area (Å²) < 4.78 is 4.11. The largest absolute Gasteiger partial charge is 0.338 e. The minimum atomic E-state index is 1.11. The van der Waals surface area contributed by atoms with Crippen molar-refractivity contribution in [1.82, 2.24) is 19.1 Å². The van der Waals surface area contributed by atoms with E-state index < -0.39 is 0 Å². The minimum Gasteiger partial charge on any atom is -0.338 e. The van der Waals surface area contributed by atoms with Gasteiger partial charge in [-0.15, -0.1) is 0 Å². The van der Waals surface area contributed by atoms with E-state index >= 15 is 0 Å². The fourth-order valence-electron chi connectivity index (χ4n) is 1.37. The molecule has 0 N–H and O–H groups in total. The fraction of sp³-hybridized carbons (Fsp3) is 0.538. The Balaban J connectivity index is 0.000000171. The number of aromatic nitrogens is 4. The maximum absolute atomic E-state index is 4.08. The van der Waals surface area contributed by atoms with Gasteiger partial charge < -0.3 is 9.13 Å². The zero-order chi connectivity index (χ0) is 12.7. The van der Waals surface area contributed by atoms with Crippen molar-refractivity contribution in [2.75, 3.05) is 0 Å². The number of imidazole rings is 2. The second-order valence-electron chi connectivity index (χ2n) is 4.18. The molecule has 0 saturated heterocycles. The van der Waals surface area contributed by atoms with Crippen molar-refractivity contribution >= 4 is 0 Å². The van der Waals surface area contributed by atoms with Crippen LogP contribution in [0.3, 0.4) is 0 Å². The van der Waals surface area contributed by atoms with E-state index in [1.165, 1.54) is 18.5 Å². The van der Waals surface area contributed by atoms with Gasteiger partial charge in [-0.1, -0.05) is 13.3 Å². The van der Waals surface area contributed by atoms with Crippen molar-refractivity contribution < 1.29 is 0 Å². The molecule has 0 aliphatic rings. The number of hydrogen-bond acceptors (Lipinski definition) is 2. The van der Waals surface area contributed by atoms with Crippen molar-refractivity contribution in [3.8, 4) is 0 Å². The van der Waals surface area contributed by atoms with Crippen LogP contribution in [0, 0.1) is 13.8 Å². The molecule has 94 valence electrons. The highest BCUT2D eigenvalue weighted by molar-refractivity contribution is 5.07. The topological polar surface area (TPSA) is 35.6 Å². The Bertz CT molecular complexity index is 395. The summed E-state index contributed by atoms with van der Waals surface area (Å²) in [7, 11) is 2.00. The van der Waals surface area contributed by atoms with Gasteiger partial charge >= 0.3 is 0 Å². The van der Waals surface area contributed by atoms with Crippen LogP contribution in [0.1, 0.15) is 31.2 Å². The van der Waals surface area contributed by atoms with Crippen LogP contribution in [0.4, 0.5) is 0 Å². The molecule has 0 saturated carbocycles. The molecule has 2 heterocycles. The summed E-state index contributed by atoms with van der Waals surface area (Å²) in [5, 5.41) is 0. The van der Waals surface area contributed by atoms with E-state index in [0.29, 0.717) is 0 Å². The van der Waals surface area contributed by atoms with Crippen molar-refractivity contribution in [1.29, 1.82) is 0 Å². The van der Waals surface area contributed by atoms with E-state index in [4.69, 9.17) is 0 Å². The molecule has 2 aromatic heterocycles. The lowest BCUT2D eigenvalue weighted by Gasteiger charge is -1.96. The average molecular weight is 234 g/mol. The normalized spacial score (nSPS) is 9.88. The molecule has 0 atom stereocenters. The summed E-state index contributed by atoms with van der Waals surface area (Å²) in [4.78, 5) is 8.02. The second kappa shape index (κ2) is 6.89. The molecule has 0 aliphatic heterocycles. The lowest BCUT2D eigenvalue weighted by atomic mass is 10.3. The highest BCUT2D eigenvalue weighted by Crippen LogP contribution is 1.99. The van der Waals surface area contributed by atoms with E-state index in [9.17, 15) is 0 Å². The number of aryl methyl sites for hydroxylation is 3. The number of rotatable bonds is 3. The standard InChI is InChI=1S/C7H12N2.C6H10N2/c1-2-3-5-9-6-4-8-7-9;1-5-6(2)8(3)4-7-5/h4,6-7H,2-3,5H2,1H3;4H,1-3H3. The Labute approximate surface area is 103 Å². The van der Waals surface area contributed by atoms with Gasteiger partial charge in [-0.3, -0.25) is 0 Å². The van der Waals surface area contributed by atoms with Gasteiger partial charge in [-0.05, 0) is 20.3 Å². The molecule has 0 spiro atoms. The highest BCUT2D eigenvalue weighted by atomic mass is 15.0. The van der Waals surface area contributed by atoms with Crippen molar-refractivity contribution in [3.63, 3.8) is 0 Å². The first-order valence-electron chi connectivity index (χ1n) is 6.05. The smallest absolute Gasteiger partial charge is 0.0948 e. The van der Waals surface area contributed by atoms with Gasteiger partial charge in [-0.25, -0.2) is 9.97 Å². The maximum Gasteiger partial charge on any atom is 0.0948 e. The molecular weight excluding hydrogens is 212 g/mol. The van der Waals surface area contributed by atoms with E-state index in [0.717, 1.165) is 12.2 Å². The van der Waals surface area contributed by atoms with Gasteiger partial charge in [0.25, 0.3) is 0 Å². The molecule has 4 heteroatoms. The molecule has 0 fully saturated rings. The number of unbranched alkanes of at least 4 members (excludes halogenated alkanes) is 1. The minimum absolute atomic E-state index is 1.11. The maximum atomic E-state index is 4.08. The predicted molar refractivity (Wildman–Crippen MR) is 69.8 cm³/mol. The van der Waals surface area contributed by atoms with Crippen molar-refractivity contribution in [2.45, 2.75) is 40.2 Å². The molecule has 0 aromatic carbocycles. The first-order chi connectivity index (χ1) is 8.15. The number of hydrogen-bond donors (Lipinski definition) is 0. The molecule has 2 aromatic rings. The third-order valence-electron chi connectivity index (χ3n) is 2.81. The van der Waals surface area contributed by atoms with Gasteiger partial charge in [0, 0.05) is 31.7 Å². The summed E-state index contributed by atoms with van der Waals surface area (Å²) in [5.74, 6) is 0. The highest BCUT2D eigenvalue weighted by Gasteiger charge is 1.93. The summed E-state index contributed by atoms with van der Waals surface area (Å²) in [5.41, 5.74) is 2.36. The zero-order valence-corrected chi connectivity index (χ0v) is 11.2. The van der Waals surface area contributed by atoms with Crippen LogP contribution in [0.5, 0.6) is 0 Å². The summed E-state index contributed by atoms with van der Waals surface area (Å²) >= 11 is 0. The molecule has 2 rings (SSSR count). The summed E-state index contributed by atoms with van der Waals surface area (Å²) in [6.45, 7) is 7.37. The predicted octanol–water partition coefficient (Wildman–Crippen LogP) is 2.72. The van der Waals surface area contributed by atoms with E-state index in [1.807, 2.05) is 43.6 Å². The Morgan fingerprint density at radius 1 is 1.24 bits per heavy atom. The molecule has 0 aliphatic carbocycles. The van der Waals surface area contributed by atoms with E-state index in [2.05, 4.69) is 28.4 Å². The first kappa shape index (κ1) is 13.5. The SMILES string of the molecule is CCCCn1ccnc1.Cc1ncn(C)c1C. The average Bonchev–Trinajstić information content (AvgIpc) is 2.94. The van der Waals surface area contributed by atoms with Gasteiger partial charge in [0.2, 0.25) is 0 Å². The lowest BCUT2D eigenvalue weighted by Crippen LogP contribution is -1.92. The van der Waals surface area contributed by atoms with Crippen molar-refractivity contribution in [2.24, 2.45) is 7.05 Å². The lowest BCUT2D eigenvalue weighted by molar-refractivity contribution is 0.631. The van der Waals surface area contributed by atoms with E-state index in [1.54, 1.807) is 0 Å². The summed E-state index contributed by atoms with van der Waals surface area (Å²) in [6.07, 6.45) is 9.99. The Hall–Kier alpha value is -1.58. The fourth-order valence-corrected chi connectivity index (χ4v) is 1.37. The van der Waals surface area contributed by atoms with Crippen LogP contribution < -0.4 is 0 Å². The Kier molecular flexibility index (Phi) is 5.46. The molecule has 17 heavy (non-hydrogen) atoms. The second-order valence-corrected chi connectivity index (χ2v) is 4.18. The molecule has 0 bridgehead atoms. The van der Waals surface area contributed by atoms with Crippen LogP contribution in [0.25, 0.3) is 0 Å². The zero-order valence-electron chi connectivity index (χ0n) is 11.2. The van der Waals surface area contributed by atoms with Crippen LogP contribution >= 0.6 is 0 Å². The first-order valence-corrected chi connectivity index (χ1v) is 6.05. The monoisotopic (exact) mass is 234 g/mol. The van der Waals surface area contributed by atoms with Gasteiger partial charge in [-0.2, -0.15) is 0 Å². The Morgan fingerprint density at radius 3 is 2.35 bits per heavy atom. The molecule has 0 unspecified atom stereocenters. The van der Waals surface area contributed by atoms with E-state index in [-0.39, 0.29) is 0 Å². The van der Waals surface area contributed by atoms with Crippen LogP contribution in [0.15, 0.2) is 25.0 Å². The van der Waals surface area contributed by atoms with Crippen LogP contribution in [0.2, 0.25) is 0 Å². The van der Waals surface area contributed by atoms with Crippen LogP contribution in [-0.4, -0.2) is 19.1 Å². The molecular formula is C13H22N4. The summed E-state index contributed by atoms with van der Waals surface area (Å²) in [6, 6.07) is 0. The molecule has 4 nitrogen and oxygen atoms in total. The van der Waals surface area contributed by atoms with Gasteiger partial charge in [0.1, 0.15) is 0 Å². The van der Waals surface area contributed by atoms with Crippen molar-refractivity contribution in [3.05, 3.63) is 36.4 Å². The molecule has 0 radical (unpaired) electrons. The number of nitrogens with zero attached hydrogens (tertiary/aromatic N) is 4. The quantitative estimate of drug-likeness (QED) is 0.818. The van der Waals surface area contributed by atoms with Crippen LogP contribution in [-0.2, 0) is 13.6 Å². The van der Waals surface area contributed by atoms with Gasteiger partial charge in [0.05, 0.1) is 18.3 Å². The van der Waals surface area contributed by atoms with Gasteiger partial charge in [0.15, 0.2) is 0 Å². The Morgan fingerprint density at radius 2 is 2.00 bits per heavy atom. The third-order valence-corrected chi connectivity index (χ3v) is 2.81. The third kappa shape index (κ3) is 4.43.